The third-order valence-electron chi connectivity index (χ3n) is 4.52. The molecule has 156 valence electrons. The number of allylic oxidation sites excluding steroid dienone is 9. The number of nitrogen functional groups attached to an aromatic ring is 1. The molecule has 2 aromatic heterocycles. The van der Waals surface area contributed by atoms with Crippen molar-refractivity contribution >= 4 is 22.7 Å². The molecular weight excluding hydrogens is 380 g/mol. The molecule has 2 aromatic rings. The van der Waals surface area contributed by atoms with Crippen molar-refractivity contribution < 1.29 is 4.74 Å². The maximum atomic E-state index is 12.6. The topological polar surface area (TPSA) is 102 Å². The summed E-state index contributed by atoms with van der Waals surface area (Å²) in [5.74, 6) is 0.649. The van der Waals surface area contributed by atoms with Gasteiger partial charge in [-0.1, -0.05) is 43.0 Å². The van der Waals surface area contributed by atoms with Crippen molar-refractivity contribution in [1.82, 2.24) is 24.4 Å². The minimum absolute atomic E-state index is 0.218. The van der Waals surface area contributed by atoms with Crippen LogP contribution in [0.4, 0.5) is 5.82 Å². The van der Waals surface area contributed by atoms with E-state index in [0.717, 1.165) is 11.3 Å². The second kappa shape index (κ2) is 9.71. The van der Waals surface area contributed by atoms with E-state index in [4.69, 9.17) is 15.5 Å². The predicted octanol–water partition coefficient (Wildman–Crippen LogP) is 2.76. The van der Waals surface area contributed by atoms with Crippen LogP contribution in [0.2, 0.25) is 0 Å². The summed E-state index contributed by atoms with van der Waals surface area (Å²) < 4.78 is 6.77. The molecule has 3 rings (SSSR count). The lowest BCUT2D eigenvalue weighted by Gasteiger charge is -2.22. The zero-order chi connectivity index (χ0) is 21.5. The number of aromatic nitrogens is 4. The number of nitrogens with two attached hydrogens (primary N) is 1. The standard InChI is InChI=1S/C22H26N6O2/c1-4-9-16(10-5-2)15-28-21-18(24-22(28)29)19(23)25-20(26-21)17-11-7-6-8-12-27(17)13-14-30-3/h4-12H,1,13-15H2,2-3H3,(H,24,29)(H2,23,25,26)/b10-5-,16-9+. The highest BCUT2D eigenvalue weighted by Crippen LogP contribution is 2.23. The molecule has 3 N–H and O–H groups in total. The van der Waals surface area contributed by atoms with Crippen LogP contribution in [0.5, 0.6) is 0 Å². The van der Waals surface area contributed by atoms with Gasteiger partial charge in [0.15, 0.2) is 17.3 Å². The number of hydrogen-bond acceptors (Lipinski definition) is 6. The maximum absolute atomic E-state index is 12.6. The average Bonchev–Trinajstić information content (AvgIpc) is 2.90. The molecule has 0 aromatic carbocycles. The number of rotatable bonds is 8. The molecule has 3 heterocycles. The number of ether oxygens (including phenoxy) is 1. The van der Waals surface area contributed by atoms with Gasteiger partial charge in [0.25, 0.3) is 0 Å². The van der Waals surface area contributed by atoms with Crippen molar-refractivity contribution in [3.8, 4) is 0 Å². The van der Waals surface area contributed by atoms with E-state index in [9.17, 15) is 4.79 Å². The van der Waals surface area contributed by atoms with Crippen molar-refractivity contribution in [1.29, 1.82) is 0 Å². The van der Waals surface area contributed by atoms with Gasteiger partial charge in [-0.2, -0.15) is 0 Å². The third-order valence-corrected chi connectivity index (χ3v) is 4.52. The van der Waals surface area contributed by atoms with Gasteiger partial charge < -0.3 is 20.4 Å². The minimum Gasteiger partial charge on any atom is -0.383 e. The molecule has 0 amide bonds. The zero-order valence-electron chi connectivity index (χ0n) is 17.2. The fraction of sp³-hybridized carbons (Fsp3) is 0.227. The van der Waals surface area contributed by atoms with E-state index in [0.29, 0.717) is 36.7 Å². The first-order valence-corrected chi connectivity index (χ1v) is 9.60. The molecule has 1 aliphatic rings. The van der Waals surface area contributed by atoms with Crippen molar-refractivity contribution in [3.63, 3.8) is 0 Å². The lowest BCUT2D eigenvalue weighted by molar-refractivity contribution is 0.184. The second-order valence-electron chi connectivity index (χ2n) is 6.59. The Hall–Kier alpha value is -3.65. The number of fused-ring (bicyclic) bond motifs is 1. The van der Waals surface area contributed by atoms with Crippen molar-refractivity contribution in [2.24, 2.45) is 0 Å². The van der Waals surface area contributed by atoms with Gasteiger partial charge in [-0.3, -0.25) is 4.57 Å². The monoisotopic (exact) mass is 406 g/mol. The zero-order valence-corrected chi connectivity index (χ0v) is 17.2. The van der Waals surface area contributed by atoms with Crippen LogP contribution in [0.15, 0.2) is 71.8 Å². The van der Waals surface area contributed by atoms with Gasteiger partial charge in [-0.05, 0) is 24.6 Å². The summed E-state index contributed by atoms with van der Waals surface area (Å²) >= 11 is 0. The van der Waals surface area contributed by atoms with Gasteiger partial charge in [-0.15, -0.1) is 0 Å². The summed E-state index contributed by atoms with van der Waals surface area (Å²) in [6, 6.07) is 0. The fourth-order valence-corrected chi connectivity index (χ4v) is 3.15. The normalized spacial score (nSPS) is 14.5. The Labute approximate surface area is 175 Å². The van der Waals surface area contributed by atoms with Crippen molar-refractivity contribution in [3.05, 3.63) is 83.3 Å². The highest BCUT2D eigenvalue weighted by atomic mass is 16.5. The largest absolute Gasteiger partial charge is 0.383 e. The Kier molecular flexibility index (Phi) is 6.82. The first kappa shape index (κ1) is 21.1. The van der Waals surface area contributed by atoms with Gasteiger partial charge in [0, 0.05) is 19.9 Å². The number of anilines is 1. The molecule has 0 bridgehead atoms. The number of imidazole rings is 1. The Balaban J connectivity index is 2.12. The number of H-pyrrole nitrogens is 1. The number of hydrogen-bond donors (Lipinski definition) is 2. The number of methoxy groups -OCH3 is 1. The smallest absolute Gasteiger partial charge is 0.328 e. The van der Waals surface area contributed by atoms with Crippen LogP contribution in [0, 0.1) is 0 Å². The molecule has 0 atom stereocenters. The molecule has 0 unspecified atom stereocenters. The van der Waals surface area contributed by atoms with Crippen molar-refractivity contribution in [2.75, 3.05) is 26.0 Å². The van der Waals surface area contributed by atoms with E-state index >= 15 is 0 Å². The predicted molar refractivity (Wildman–Crippen MR) is 120 cm³/mol. The molecule has 0 radical (unpaired) electrons. The van der Waals surface area contributed by atoms with Crippen LogP contribution < -0.4 is 11.4 Å². The van der Waals surface area contributed by atoms with Gasteiger partial charge in [0.1, 0.15) is 5.52 Å². The summed E-state index contributed by atoms with van der Waals surface area (Å²) in [5, 5.41) is 0. The van der Waals surface area contributed by atoms with Crippen LogP contribution >= 0.6 is 0 Å². The summed E-state index contributed by atoms with van der Waals surface area (Å²) in [6.07, 6.45) is 17.0. The van der Waals surface area contributed by atoms with E-state index in [1.807, 2.05) is 60.6 Å². The molecule has 0 aliphatic carbocycles. The van der Waals surface area contributed by atoms with Gasteiger partial charge in [-0.25, -0.2) is 14.8 Å². The summed E-state index contributed by atoms with van der Waals surface area (Å²) in [7, 11) is 1.65. The maximum Gasteiger partial charge on any atom is 0.328 e. The van der Waals surface area contributed by atoms with Crippen molar-refractivity contribution in [2.45, 2.75) is 13.5 Å². The fourth-order valence-electron chi connectivity index (χ4n) is 3.15. The number of nitrogens with one attached hydrogen (secondary N) is 1. The summed E-state index contributed by atoms with van der Waals surface area (Å²) in [6.45, 7) is 7.14. The molecule has 8 heteroatoms. The third kappa shape index (κ3) is 4.49. The van der Waals surface area contributed by atoms with Gasteiger partial charge in [0.05, 0.1) is 18.8 Å². The Morgan fingerprint density at radius 1 is 1.33 bits per heavy atom. The van der Waals surface area contributed by atoms with E-state index < -0.39 is 0 Å². The highest BCUT2D eigenvalue weighted by molar-refractivity contribution is 5.83. The first-order valence-electron chi connectivity index (χ1n) is 9.60. The van der Waals surface area contributed by atoms with E-state index in [2.05, 4.69) is 16.5 Å². The molecule has 1 aliphatic heterocycles. The molecule has 8 nitrogen and oxygen atoms in total. The molecule has 30 heavy (non-hydrogen) atoms. The van der Waals surface area contributed by atoms with Crippen LogP contribution in [0.1, 0.15) is 12.7 Å². The van der Waals surface area contributed by atoms with E-state index in [1.165, 1.54) is 0 Å². The van der Waals surface area contributed by atoms with E-state index in [1.54, 1.807) is 17.8 Å². The van der Waals surface area contributed by atoms with Gasteiger partial charge >= 0.3 is 5.69 Å². The van der Waals surface area contributed by atoms with Gasteiger partial charge in [0.2, 0.25) is 0 Å². The molecule has 0 saturated heterocycles. The Bertz CT molecular complexity index is 1130. The lowest BCUT2D eigenvalue weighted by atomic mass is 10.2. The van der Waals surface area contributed by atoms with Crippen LogP contribution in [0.25, 0.3) is 16.9 Å². The molecule has 0 fully saturated rings. The highest BCUT2D eigenvalue weighted by Gasteiger charge is 2.19. The second-order valence-corrected chi connectivity index (χ2v) is 6.59. The molecule has 0 saturated carbocycles. The Morgan fingerprint density at radius 3 is 2.90 bits per heavy atom. The first-order chi connectivity index (χ1) is 14.6. The minimum atomic E-state index is -0.298. The molecular formula is C22H26N6O2. The van der Waals surface area contributed by atoms with Crippen LogP contribution in [0.3, 0.4) is 0 Å². The quantitative estimate of drug-likeness (QED) is 0.654. The Morgan fingerprint density at radius 2 is 2.17 bits per heavy atom. The lowest BCUT2D eigenvalue weighted by Crippen LogP contribution is -2.22. The number of nitrogens with zero attached hydrogens (tertiary/aromatic N) is 4. The SMILES string of the molecule is C=C/C=C(\C=C/C)Cn1c(=O)[nH]c2c(N)nc(C3=CC=CC=CN3CCOC)nc21. The van der Waals surface area contributed by atoms with Crippen LogP contribution in [-0.4, -0.2) is 44.7 Å². The number of aromatic amines is 1. The summed E-state index contributed by atoms with van der Waals surface area (Å²) in [4.78, 5) is 26.5. The van der Waals surface area contributed by atoms with E-state index in [-0.39, 0.29) is 11.5 Å². The van der Waals surface area contributed by atoms with Crippen LogP contribution in [-0.2, 0) is 11.3 Å². The summed E-state index contributed by atoms with van der Waals surface area (Å²) in [5.41, 5.74) is 8.45. The average molecular weight is 406 g/mol. The molecule has 0 spiro atoms.